The molecule has 0 radical (unpaired) electrons. The van der Waals surface area contributed by atoms with Crippen LogP contribution in [0, 0.1) is 0 Å². The van der Waals surface area contributed by atoms with Crippen LogP contribution < -0.4 is 0 Å². The number of aliphatic carboxylic acids is 1. The summed E-state index contributed by atoms with van der Waals surface area (Å²) in [5, 5.41) is 11.3. The Morgan fingerprint density at radius 1 is 1.16 bits per heavy atom. The molecule has 19 heavy (non-hydrogen) atoms. The topological polar surface area (TPSA) is 50.4 Å². The van der Waals surface area contributed by atoms with Crippen LogP contribution >= 0.6 is 23.2 Å². The van der Waals surface area contributed by atoms with E-state index in [1.807, 2.05) is 6.07 Å². The summed E-state index contributed by atoms with van der Waals surface area (Å²) in [4.78, 5) is 10.7. The molecule has 3 nitrogen and oxygen atoms in total. The third-order valence-electron chi connectivity index (χ3n) is 2.95. The van der Waals surface area contributed by atoms with Crippen LogP contribution in [0.2, 0.25) is 10.0 Å². The molecule has 3 rings (SSSR count). The van der Waals surface area contributed by atoms with E-state index in [1.165, 1.54) is 0 Å². The van der Waals surface area contributed by atoms with Crippen molar-refractivity contribution in [1.82, 2.24) is 0 Å². The number of fused-ring (bicyclic) bond motifs is 3. The summed E-state index contributed by atoms with van der Waals surface area (Å²) in [6, 6.07) is 8.70. The molecule has 0 bridgehead atoms. The molecular weight excluding hydrogens is 287 g/mol. The molecule has 5 heteroatoms. The monoisotopic (exact) mass is 294 g/mol. The Balaban J connectivity index is 2.29. The van der Waals surface area contributed by atoms with E-state index < -0.39 is 5.97 Å². The molecule has 96 valence electrons. The largest absolute Gasteiger partial charge is 0.481 e. The van der Waals surface area contributed by atoms with E-state index in [1.54, 1.807) is 24.3 Å². The van der Waals surface area contributed by atoms with Crippen molar-refractivity contribution < 1.29 is 14.3 Å². The van der Waals surface area contributed by atoms with Gasteiger partial charge in [-0.3, -0.25) is 4.79 Å². The molecule has 0 amide bonds. The van der Waals surface area contributed by atoms with Crippen LogP contribution in [0.5, 0.6) is 0 Å². The maximum absolute atomic E-state index is 10.7. The van der Waals surface area contributed by atoms with E-state index in [9.17, 15) is 4.79 Å². The Labute approximate surface area is 118 Å². The van der Waals surface area contributed by atoms with Crippen molar-refractivity contribution in [2.45, 2.75) is 6.42 Å². The SMILES string of the molecule is O=C(O)Cc1ccc2c(c1)oc1ccc(Cl)c(Cl)c12. The highest BCUT2D eigenvalue weighted by molar-refractivity contribution is 6.46. The van der Waals surface area contributed by atoms with E-state index >= 15 is 0 Å². The van der Waals surface area contributed by atoms with Gasteiger partial charge in [-0.25, -0.2) is 0 Å². The fourth-order valence-electron chi connectivity index (χ4n) is 2.13. The van der Waals surface area contributed by atoms with Gasteiger partial charge in [0.1, 0.15) is 11.2 Å². The minimum Gasteiger partial charge on any atom is -0.481 e. The van der Waals surface area contributed by atoms with Gasteiger partial charge in [-0.15, -0.1) is 0 Å². The van der Waals surface area contributed by atoms with Crippen molar-refractivity contribution in [2.24, 2.45) is 0 Å². The highest BCUT2D eigenvalue weighted by Crippen LogP contribution is 2.38. The molecule has 0 unspecified atom stereocenters. The minimum atomic E-state index is -0.878. The van der Waals surface area contributed by atoms with Crippen LogP contribution in [-0.4, -0.2) is 11.1 Å². The summed E-state index contributed by atoms with van der Waals surface area (Å²) in [6.45, 7) is 0. The molecule has 0 aliphatic rings. The number of hydrogen-bond acceptors (Lipinski definition) is 2. The molecule has 1 heterocycles. The number of carboxylic acid groups (broad SMARTS) is 1. The average molecular weight is 295 g/mol. The highest BCUT2D eigenvalue weighted by Gasteiger charge is 2.13. The van der Waals surface area contributed by atoms with Crippen LogP contribution in [0.4, 0.5) is 0 Å². The van der Waals surface area contributed by atoms with Gasteiger partial charge in [-0.2, -0.15) is 0 Å². The number of carboxylic acids is 1. The number of rotatable bonds is 2. The third kappa shape index (κ3) is 2.05. The van der Waals surface area contributed by atoms with Crippen LogP contribution in [0.15, 0.2) is 34.7 Å². The van der Waals surface area contributed by atoms with E-state index in [0.717, 1.165) is 10.8 Å². The molecule has 0 aliphatic heterocycles. The fourth-order valence-corrected chi connectivity index (χ4v) is 2.55. The zero-order chi connectivity index (χ0) is 13.6. The minimum absolute atomic E-state index is 0.0402. The summed E-state index contributed by atoms with van der Waals surface area (Å²) in [5.74, 6) is -0.878. The molecule has 0 fully saturated rings. The standard InChI is InChI=1S/C14H8Cl2O3/c15-9-3-4-10-13(14(9)16)8-2-1-7(6-12(17)18)5-11(8)19-10/h1-5H,6H2,(H,17,18). The lowest BCUT2D eigenvalue weighted by Gasteiger charge is -1.98. The summed E-state index contributed by atoms with van der Waals surface area (Å²) < 4.78 is 5.67. The number of benzene rings is 2. The summed E-state index contributed by atoms with van der Waals surface area (Å²) >= 11 is 12.2. The Bertz CT molecular complexity index is 805. The molecule has 3 aromatic rings. The third-order valence-corrected chi connectivity index (χ3v) is 3.75. The number of furan rings is 1. The van der Waals surface area contributed by atoms with Crippen molar-refractivity contribution in [1.29, 1.82) is 0 Å². The number of halogens is 2. The molecular formula is C14H8Cl2O3. The van der Waals surface area contributed by atoms with Crippen molar-refractivity contribution in [3.8, 4) is 0 Å². The first-order valence-corrected chi connectivity index (χ1v) is 6.33. The van der Waals surface area contributed by atoms with E-state index in [-0.39, 0.29) is 6.42 Å². The van der Waals surface area contributed by atoms with Gasteiger partial charge >= 0.3 is 5.97 Å². The van der Waals surface area contributed by atoms with Crippen LogP contribution in [0.1, 0.15) is 5.56 Å². The van der Waals surface area contributed by atoms with Crippen LogP contribution in [-0.2, 0) is 11.2 Å². The molecule has 2 aromatic carbocycles. The lowest BCUT2D eigenvalue weighted by atomic mass is 10.1. The zero-order valence-electron chi connectivity index (χ0n) is 9.61. The average Bonchev–Trinajstić information content (AvgIpc) is 2.71. The fraction of sp³-hybridized carbons (Fsp3) is 0.0714. The zero-order valence-corrected chi connectivity index (χ0v) is 11.1. The maximum Gasteiger partial charge on any atom is 0.307 e. The van der Waals surface area contributed by atoms with Gasteiger partial charge in [0.25, 0.3) is 0 Å². The molecule has 0 aliphatic carbocycles. The predicted molar refractivity (Wildman–Crippen MR) is 75.1 cm³/mol. The number of carbonyl (C=O) groups is 1. The Kier molecular flexibility index (Phi) is 2.88. The van der Waals surface area contributed by atoms with Crippen molar-refractivity contribution >= 4 is 51.1 Å². The van der Waals surface area contributed by atoms with Gasteiger partial charge < -0.3 is 9.52 Å². The second-order valence-electron chi connectivity index (χ2n) is 4.24. The van der Waals surface area contributed by atoms with Gasteiger partial charge in [0.05, 0.1) is 16.5 Å². The van der Waals surface area contributed by atoms with Gasteiger partial charge in [0.15, 0.2) is 0 Å². The Hall–Kier alpha value is -1.71. The van der Waals surface area contributed by atoms with E-state index in [4.69, 9.17) is 32.7 Å². The quantitative estimate of drug-likeness (QED) is 0.756. The van der Waals surface area contributed by atoms with Gasteiger partial charge in [-0.05, 0) is 23.8 Å². The second kappa shape index (κ2) is 4.44. The van der Waals surface area contributed by atoms with Crippen molar-refractivity contribution in [3.05, 3.63) is 45.9 Å². The molecule has 0 spiro atoms. The first kappa shape index (κ1) is 12.3. The van der Waals surface area contributed by atoms with Gasteiger partial charge in [-0.1, -0.05) is 35.3 Å². The Morgan fingerprint density at radius 2 is 1.95 bits per heavy atom. The first-order valence-electron chi connectivity index (χ1n) is 5.57. The Morgan fingerprint density at radius 3 is 2.68 bits per heavy atom. The van der Waals surface area contributed by atoms with E-state index in [2.05, 4.69) is 0 Å². The van der Waals surface area contributed by atoms with Crippen LogP contribution in [0.25, 0.3) is 21.9 Å². The summed E-state index contributed by atoms with van der Waals surface area (Å²) in [6.07, 6.45) is -0.0402. The highest BCUT2D eigenvalue weighted by atomic mass is 35.5. The van der Waals surface area contributed by atoms with Gasteiger partial charge in [0, 0.05) is 10.8 Å². The van der Waals surface area contributed by atoms with Crippen LogP contribution in [0.3, 0.4) is 0 Å². The number of hydrogen-bond donors (Lipinski definition) is 1. The molecule has 0 saturated carbocycles. The lowest BCUT2D eigenvalue weighted by molar-refractivity contribution is -0.136. The smallest absolute Gasteiger partial charge is 0.307 e. The van der Waals surface area contributed by atoms with Crippen molar-refractivity contribution in [2.75, 3.05) is 0 Å². The van der Waals surface area contributed by atoms with Crippen molar-refractivity contribution in [3.63, 3.8) is 0 Å². The van der Waals surface area contributed by atoms with Gasteiger partial charge in [0.2, 0.25) is 0 Å². The summed E-state index contributed by atoms with van der Waals surface area (Å²) in [7, 11) is 0. The second-order valence-corrected chi connectivity index (χ2v) is 5.02. The maximum atomic E-state index is 10.7. The molecule has 1 N–H and O–H groups in total. The summed E-state index contributed by atoms with van der Waals surface area (Å²) in [5.41, 5.74) is 1.93. The molecule has 1 aromatic heterocycles. The van der Waals surface area contributed by atoms with E-state index in [0.29, 0.717) is 26.8 Å². The first-order chi connectivity index (χ1) is 9.06. The molecule has 0 saturated heterocycles. The lowest BCUT2D eigenvalue weighted by Crippen LogP contribution is -1.99. The molecule has 0 atom stereocenters. The predicted octanol–water partition coefficient (Wildman–Crippen LogP) is 4.52. The normalized spacial score (nSPS) is 11.3.